The Hall–Kier alpha value is -3.33. The molecule has 1 atom stereocenters. The van der Waals surface area contributed by atoms with Crippen LogP contribution in [0.1, 0.15) is 49.3 Å². The van der Waals surface area contributed by atoms with E-state index in [4.69, 9.17) is 10.5 Å². The fourth-order valence-corrected chi connectivity index (χ4v) is 4.51. The number of rotatable bonds is 1. The van der Waals surface area contributed by atoms with Gasteiger partial charge in [0, 0.05) is 24.0 Å². The molecule has 2 aromatic rings. The molecule has 2 heterocycles. The summed E-state index contributed by atoms with van der Waals surface area (Å²) >= 11 is 0. The SMILES string of the molecule is Cc1cc(C)c2[nH]c(=O)c(C3C(C#N)=C(N)OC4=C3C(=O)CC(C)(C)C4)cc2c1. The van der Waals surface area contributed by atoms with E-state index < -0.39 is 5.92 Å². The van der Waals surface area contributed by atoms with Crippen molar-refractivity contribution in [3.8, 4) is 6.07 Å². The minimum absolute atomic E-state index is 0.0401. The highest BCUT2D eigenvalue weighted by Crippen LogP contribution is 2.47. The number of aromatic amines is 1. The van der Waals surface area contributed by atoms with E-state index in [2.05, 4.69) is 11.1 Å². The first kappa shape index (κ1) is 19.0. The Kier molecular flexibility index (Phi) is 4.16. The molecule has 6 nitrogen and oxygen atoms in total. The highest BCUT2D eigenvalue weighted by molar-refractivity contribution is 6.00. The summed E-state index contributed by atoms with van der Waals surface area (Å²) in [5, 5.41) is 10.6. The quantitative estimate of drug-likeness (QED) is 0.774. The largest absolute Gasteiger partial charge is 0.444 e. The summed E-state index contributed by atoms with van der Waals surface area (Å²) in [6.07, 6.45) is 0.849. The maximum absolute atomic E-state index is 13.1. The molecule has 0 saturated heterocycles. The molecule has 4 rings (SSSR count). The first-order valence-electron chi connectivity index (χ1n) is 9.59. The van der Waals surface area contributed by atoms with Crippen molar-refractivity contribution in [3.05, 3.63) is 68.0 Å². The molecule has 6 heteroatoms. The zero-order chi connectivity index (χ0) is 21.1. The molecule has 1 aliphatic heterocycles. The molecular weight excluding hydrogens is 366 g/mol. The fraction of sp³-hybridized carbons (Fsp3) is 0.348. The summed E-state index contributed by atoms with van der Waals surface area (Å²) in [7, 11) is 0. The van der Waals surface area contributed by atoms with E-state index in [9.17, 15) is 14.9 Å². The van der Waals surface area contributed by atoms with E-state index >= 15 is 0 Å². The van der Waals surface area contributed by atoms with Crippen LogP contribution in [-0.4, -0.2) is 10.8 Å². The van der Waals surface area contributed by atoms with Gasteiger partial charge in [0.2, 0.25) is 5.88 Å². The third-order valence-electron chi connectivity index (χ3n) is 5.71. The van der Waals surface area contributed by atoms with Gasteiger partial charge in [-0.1, -0.05) is 25.5 Å². The average Bonchev–Trinajstić information content (AvgIpc) is 2.59. The monoisotopic (exact) mass is 389 g/mol. The van der Waals surface area contributed by atoms with Crippen molar-refractivity contribution in [2.75, 3.05) is 0 Å². The standard InChI is InChI=1S/C23H23N3O3/c1-11-5-12(2)20-13(6-11)7-14(22(28)26-20)18-15(10-24)21(25)29-17-9-23(3,4)8-16(27)19(17)18/h5-7,18H,8-9,25H2,1-4H3,(H,26,28). The molecule has 0 fully saturated rings. The third kappa shape index (κ3) is 3.03. The molecule has 0 spiro atoms. The Morgan fingerprint density at radius 2 is 1.93 bits per heavy atom. The van der Waals surface area contributed by atoms with Crippen LogP contribution < -0.4 is 11.3 Å². The van der Waals surface area contributed by atoms with Gasteiger partial charge < -0.3 is 15.5 Å². The van der Waals surface area contributed by atoms with Crippen LogP contribution in [0, 0.1) is 30.6 Å². The van der Waals surface area contributed by atoms with Crippen LogP contribution >= 0.6 is 0 Å². The number of aromatic nitrogens is 1. The molecule has 0 bridgehead atoms. The smallest absolute Gasteiger partial charge is 0.252 e. The Bertz CT molecular complexity index is 1240. The Labute approximate surface area is 168 Å². The number of aryl methyl sites for hydroxylation is 2. The van der Waals surface area contributed by atoms with E-state index in [1.54, 1.807) is 6.07 Å². The number of fused-ring (bicyclic) bond motifs is 1. The summed E-state index contributed by atoms with van der Waals surface area (Å²) in [5.74, 6) is -0.503. The van der Waals surface area contributed by atoms with E-state index in [0.717, 1.165) is 22.0 Å². The van der Waals surface area contributed by atoms with Crippen LogP contribution in [0.4, 0.5) is 0 Å². The van der Waals surface area contributed by atoms with E-state index in [1.165, 1.54) is 0 Å². The number of carbonyl (C=O) groups excluding carboxylic acids is 1. The van der Waals surface area contributed by atoms with Crippen molar-refractivity contribution in [2.45, 2.75) is 46.5 Å². The summed E-state index contributed by atoms with van der Waals surface area (Å²) in [5.41, 5.74) is 9.03. The summed E-state index contributed by atoms with van der Waals surface area (Å²) in [4.78, 5) is 29.0. The van der Waals surface area contributed by atoms with Gasteiger partial charge in [-0.25, -0.2) is 0 Å². The molecule has 1 aromatic heterocycles. The number of nitriles is 1. The topological polar surface area (TPSA) is 109 Å². The lowest BCUT2D eigenvalue weighted by Gasteiger charge is -2.37. The normalized spacial score (nSPS) is 21.1. The van der Waals surface area contributed by atoms with Crippen molar-refractivity contribution in [1.29, 1.82) is 5.26 Å². The van der Waals surface area contributed by atoms with Crippen molar-refractivity contribution in [2.24, 2.45) is 11.1 Å². The lowest BCUT2D eigenvalue weighted by Crippen LogP contribution is -2.35. The van der Waals surface area contributed by atoms with Crippen LogP contribution in [0.15, 0.2) is 45.8 Å². The van der Waals surface area contributed by atoms with Crippen LogP contribution in [-0.2, 0) is 9.53 Å². The highest BCUT2D eigenvalue weighted by Gasteiger charge is 2.43. The number of pyridine rings is 1. The summed E-state index contributed by atoms with van der Waals surface area (Å²) in [6.45, 7) is 7.89. The molecule has 1 aliphatic carbocycles. The molecule has 2 aliphatic rings. The van der Waals surface area contributed by atoms with Gasteiger partial charge in [-0.15, -0.1) is 0 Å². The molecule has 0 saturated carbocycles. The number of nitrogens with two attached hydrogens (primary N) is 1. The first-order valence-corrected chi connectivity index (χ1v) is 9.59. The van der Waals surface area contributed by atoms with Crippen molar-refractivity contribution in [3.63, 3.8) is 0 Å². The van der Waals surface area contributed by atoms with Gasteiger partial charge >= 0.3 is 0 Å². The molecule has 1 aromatic carbocycles. The minimum atomic E-state index is -0.818. The van der Waals surface area contributed by atoms with Crippen molar-refractivity contribution in [1.82, 2.24) is 4.98 Å². The van der Waals surface area contributed by atoms with Gasteiger partial charge in [-0.2, -0.15) is 5.26 Å². The van der Waals surface area contributed by atoms with E-state index in [1.807, 2.05) is 39.8 Å². The average molecular weight is 389 g/mol. The number of nitrogens with one attached hydrogen (secondary N) is 1. The summed E-state index contributed by atoms with van der Waals surface area (Å²) < 4.78 is 5.70. The maximum atomic E-state index is 13.1. The minimum Gasteiger partial charge on any atom is -0.444 e. The second-order valence-corrected chi connectivity index (χ2v) is 8.80. The van der Waals surface area contributed by atoms with Gasteiger partial charge in [0.05, 0.1) is 11.4 Å². The highest BCUT2D eigenvalue weighted by atomic mass is 16.5. The molecule has 1 unspecified atom stereocenters. The van der Waals surface area contributed by atoms with Crippen LogP contribution in [0.25, 0.3) is 10.9 Å². The number of Topliss-reactive ketones (excluding diaryl/α,β-unsaturated/α-hetero) is 1. The van der Waals surface area contributed by atoms with E-state index in [0.29, 0.717) is 29.7 Å². The van der Waals surface area contributed by atoms with Crippen LogP contribution in [0.3, 0.4) is 0 Å². The third-order valence-corrected chi connectivity index (χ3v) is 5.71. The van der Waals surface area contributed by atoms with Crippen LogP contribution in [0.5, 0.6) is 0 Å². The molecule has 0 amide bonds. The van der Waals surface area contributed by atoms with Gasteiger partial charge in [0.25, 0.3) is 5.56 Å². The fourth-order valence-electron chi connectivity index (χ4n) is 4.51. The first-order chi connectivity index (χ1) is 13.6. The number of hydrogen-bond acceptors (Lipinski definition) is 5. The number of hydrogen-bond donors (Lipinski definition) is 2. The Balaban J connectivity index is 2.00. The number of benzene rings is 1. The number of carbonyl (C=O) groups is 1. The van der Waals surface area contributed by atoms with Crippen LogP contribution in [0.2, 0.25) is 0 Å². The number of nitrogens with zero attached hydrogens (tertiary/aromatic N) is 1. The Morgan fingerprint density at radius 1 is 1.21 bits per heavy atom. The molecule has 3 N–H and O–H groups in total. The van der Waals surface area contributed by atoms with Gasteiger partial charge in [-0.3, -0.25) is 9.59 Å². The number of allylic oxidation sites excluding steroid dienone is 3. The molecular formula is C23H23N3O3. The number of ether oxygens (including phenoxy) is 1. The Morgan fingerprint density at radius 3 is 2.62 bits per heavy atom. The van der Waals surface area contributed by atoms with Crippen molar-refractivity contribution < 1.29 is 9.53 Å². The van der Waals surface area contributed by atoms with E-state index in [-0.39, 0.29) is 28.2 Å². The van der Waals surface area contributed by atoms with Crippen molar-refractivity contribution >= 4 is 16.7 Å². The zero-order valence-corrected chi connectivity index (χ0v) is 17.0. The lowest BCUT2D eigenvalue weighted by molar-refractivity contribution is -0.119. The molecule has 0 radical (unpaired) electrons. The second-order valence-electron chi connectivity index (χ2n) is 8.80. The molecule has 29 heavy (non-hydrogen) atoms. The predicted molar refractivity (Wildman–Crippen MR) is 110 cm³/mol. The van der Waals surface area contributed by atoms with Gasteiger partial charge in [0.1, 0.15) is 17.4 Å². The predicted octanol–water partition coefficient (Wildman–Crippen LogP) is 3.60. The maximum Gasteiger partial charge on any atom is 0.252 e. The van der Waals surface area contributed by atoms with Gasteiger partial charge in [0.15, 0.2) is 5.78 Å². The number of ketones is 1. The number of H-pyrrole nitrogens is 1. The lowest BCUT2D eigenvalue weighted by atomic mass is 9.70. The second kappa shape index (κ2) is 6.35. The summed E-state index contributed by atoms with van der Waals surface area (Å²) in [6, 6.07) is 7.81. The van der Waals surface area contributed by atoms with Gasteiger partial charge in [-0.05, 0) is 42.3 Å². The zero-order valence-electron chi connectivity index (χ0n) is 17.0. The molecule has 148 valence electrons.